The fourth-order valence-corrected chi connectivity index (χ4v) is 2.36. The molecule has 19 heavy (non-hydrogen) atoms. The van der Waals surface area contributed by atoms with Gasteiger partial charge < -0.3 is 10.0 Å². The molecule has 2 aromatic rings. The summed E-state index contributed by atoms with van der Waals surface area (Å²) in [6.45, 7) is 2.69. The molecule has 0 aliphatic carbocycles. The van der Waals surface area contributed by atoms with E-state index in [0.29, 0.717) is 17.8 Å². The zero-order chi connectivity index (χ0) is 13.8. The van der Waals surface area contributed by atoms with E-state index < -0.39 is 5.97 Å². The third-order valence-corrected chi connectivity index (χ3v) is 3.36. The Morgan fingerprint density at radius 3 is 2.47 bits per heavy atom. The highest BCUT2D eigenvalue weighted by Gasteiger charge is 2.16. The number of rotatable bonds is 4. The van der Waals surface area contributed by atoms with Crippen LogP contribution < -0.4 is 4.90 Å². The number of carboxylic acids is 1. The van der Waals surface area contributed by atoms with Gasteiger partial charge in [-0.2, -0.15) is 0 Å². The van der Waals surface area contributed by atoms with Crippen LogP contribution in [-0.4, -0.2) is 17.6 Å². The van der Waals surface area contributed by atoms with E-state index in [4.69, 9.17) is 0 Å². The highest BCUT2D eigenvalue weighted by molar-refractivity contribution is 9.10. The molecular weight excluding hydrogens is 306 g/mol. The molecule has 1 N–H and O–H groups in total. The molecule has 0 unspecified atom stereocenters. The highest BCUT2D eigenvalue weighted by atomic mass is 79.9. The van der Waals surface area contributed by atoms with E-state index in [2.05, 4.69) is 15.9 Å². The Bertz CT molecular complexity index is 584. The van der Waals surface area contributed by atoms with Crippen molar-refractivity contribution in [1.82, 2.24) is 0 Å². The first-order valence-electron chi connectivity index (χ1n) is 5.99. The molecule has 0 atom stereocenters. The van der Waals surface area contributed by atoms with Crippen molar-refractivity contribution in [3.8, 4) is 0 Å². The van der Waals surface area contributed by atoms with Crippen molar-refractivity contribution < 1.29 is 9.90 Å². The van der Waals surface area contributed by atoms with Gasteiger partial charge in [0.15, 0.2) is 0 Å². The number of carbonyl (C=O) groups is 1. The van der Waals surface area contributed by atoms with Gasteiger partial charge >= 0.3 is 5.97 Å². The Balaban J connectivity index is 2.55. The minimum absolute atomic E-state index is 0.300. The summed E-state index contributed by atoms with van der Waals surface area (Å²) in [5, 5.41) is 9.31. The second-order valence-corrected chi connectivity index (χ2v) is 4.96. The van der Waals surface area contributed by atoms with Gasteiger partial charge in [-0.25, -0.2) is 4.79 Å². The number of anilines is 2. The minimum atomic E-state index is -0.920. The molecule has 0 radical (unpaired) electrons. The van der Waals surface area contributed by atoms with Gasteiger partial charge in [-0.1, -0.05) is 34.1 Å². The lowest BCUT2D eigenvalue weighted by Crippen LogP contribution is -2.19. The Morgan fingerprint density at radius 1 is 1.21 bits per heavy atom. The number of hydrogen-bond acceptors (Lipinski definition) is 2. The first-order chi connectivity index (χ1) is 9.13. The van der Waals surface area contributed by atoms with Gasteiger partial charge in [0.25, 0.3) is 0 Å². The van der Waals surface area contributed by atoms with Crippen molar-refractivity contribution in [3.63, 3.8) is 0 Å². The molecule has 2 rings (SSSR count). The predicted molar refractivity (Wildman–Crippen MR) is 80.2 cm³/mol. The lowest BCUT2D eigenvalue weighted by molar-refractivity contribution is 0.0697. The van der Waals surface area contributed by atoms with Gasteiger partial charge in [0.2, 0.25) is 0 Å². The molecule has 0 saturated carbocycles. The SMILES string of the molecule is CCN(c1ccccc1)c1cc(Br)ccc1C(=O)O. The molecule has 98 valence electrons. The van der Waals surface area contributed by atoms with Crippen molar-refractivity contribution in [2.45, 2.75) is 6.92 Å². The largest absolute Gasteiger partial charge is 0.478 e. The van der Waals surface area contributed by atoms with Crippen molar-refractivity contribution in [1.29, 1.82) is 0 Å². The summed E-state index contributed by atoms with van der Waals surface area (Å²) < 4.78 is 0.863. The first kappa shape index (κ1) is 13.6. The Labute approximate surface area is 120 Å². The molecule has 3 nitrogen and oxygen atoms in total. The molecule has 0 spiro atoms. The van der Waals surface area contributed by atoms with E-state index in [1.165, 1.54) is 0 Å². The summed E-state index contributed by atoms with van der Waals surface area (Å²) in [6, 6.07) is 15.0. The molecule has 0 fully saturated rings. The summed E-state index contributed by atoms with van der Waals surface area (Å²) >= 11 is 3.40. The highest BCUT2D eigenvalue weighted by Crippen LogP contribution is 2.31. The zero-order valence-corrected chi connectivity index (χ0v) is 12.1. The van der Waals surface area contributed by atoms with E-state index in [0.717, 1.165) is 10.2 Å². The van der Waals surface area contributed by atoms with Crippen LogP contribution in [0.25, 0.3) is 0 Å². The molecule has 0 saturated heterocycles. The van der Waals surface area contributed by atoms with Crippen molar-refractivity contribution in [2.24, 2.45) is 0 Å². The van der Waals surface area contributed by atoms with E-state index in [-0.39, 0.29) is 0 Å². The molecule has 0 aliphatic heterocycles. The number of carboxylic acid groups (broad SMARTS) is 1. The standard InChI is InChI=1S/C15H14BrNO2/c1-2-17(12-6-4-3-5-7-12)14-10-11(16)8-9-13(14)15(18)19/h3-10H,2H2,1H3,(H,18,19). The third kappa shape index (κ3) is 2.96. The Hall–Kier alpha value is -1.81. The van der Waals surface area contributed by atoms with Crippen LogP contribution in [0.4, 0.5) is 11.4 Å². The average molecular weight is 320 g/mol. The molecular formula is C15H14BrNO2. The predicted octanol–water partition coefficient (Wildman–Crippen LogP) is 4.31. The maximum Gasteiger partial charge on any atom is 0.337 e. The molecule has 4 heteroatoms. The lowest BCUT2D eigenvalue weighted by Gasteiger charge is -2.25. The molecule has 2 aromatic carbocycles. The maximum atomic E-state index is 11.3. The molecule has 0 amide bonds. The van der Waals surface area contributed by atoms with Gasteiger partial charge in [-0.15, -0.1) is 0 Å². The van der Waals surface area contributed by atoms with Gasteiger partial charge in [-0.05, 0) is 37.3 Å². The van der Waals surface area contributed by atoms with E-state index in [1.807, 2.05) is 48.2 Å². The van der Waals surface area contributed by atoms with Crippen LogP contribution in [0.15, 0.2) is 53.0 Å². The summed E-state index contributed by atoms with van der Waals surface area (Å²) in [4.78, 5) is 13.3. The monoisotopic (exact) mass is 319 g/mol. The van der Waals surface area contributed by atoms with Crippen molar-refractivity contribution in [2.75, 3.05) is 11.4 Å². The van der Waals surface area contributed by atoms with E-state index in [9.17, 15) is 9.90 Å². The summed E-state index contributed by atoms with van der Waals surface area (Å²) in [5.74, 6) is -0.920. The fraction of sp³-hybridized carbons (Fsp3) is 0.133. The number of para-hydroxylation sites is 1. The molecule has 0 heterocycles. The van der Waals surface area contributed by atoms with Gasteiger partial charge in [0.1, 0.15) is 0 Å². The van der Waals surface area contributed by atoms with Gasteiger partial charge in [0.05, 0.1) is 11.3 Å². The van der Waals surface area contributed by atoms with E-state index >= 15 is 0 Å². The van der Waals surface area contributed by atoms with Crippen LogP contribution in [0.2, 0.25) is 0 Å². The summed E-state index contributed by atoms with van der Waals surface area (Å²) in [5.41, 5.74) is 1.97. The Morgan fingerprint density at radius 2 is 1.89 bits per heavy atom. The van der Waals surface area contributed by atoms with Crippen LogP contribution in [-0.2, 0) is 0 Å². The summed E-state index contributed by atoms with van der Waals surface area (Å²) in [7, 11) is 0. The number of aromatic carboxylic acids is 1. The van der Waals surface area contributed by atoms with Crippen molar-refractivity contribution >= 4 is 33.3 Å². The normalized spacial score (nSPS) is 10.2. The molecule has 0 aliphatic rings. The number of hydrogen-bond donors (Lipinski definition) is 1. The van der Waals surface area contributed by atoms with E-state index in [1.54, 1.807) is 12.1 Å². The van der Waals surface area contributed by atoms with Crippen LogP contribution in [0.1, 0.15) is 17.3 Å². The summed E-state index contributed by atoms with van der Waals surface area (Å²) in [6.07, 6.45) is 0. The quantitative estimate of drug-likeness (QED) is 0.913. The molecule has 0 aromatic heterocycles. The third-order valence-electron chi connectivity index (χ3n) is 2.87. The lowest BCUT2D eigenvalue weighted by atomic mass is 10.1. The fourth-order valence-electron chi connectivity index (χ4n) is 2.01. The first-order valence-corrected chi connectivity index (χ1v) is 6.78. The van der Waals surface area contributed by atoms with Crippen LogP contribution in [0.3, 0.4) is 0 Å². The number of benzene rings is 2. The van der Waals surface area contributed by atoms with Crippen LogP contribution in [0, 0.1) is 0 Å². The maximum absolute atomic E-state index is 11.3. The van der Waals surface area contributed by atoms with Crippen LogP contribution in [0.5, 0.6) is 0 Å². The van der Waals surface area contributed by atoms with Crippen LogP contribution >= 0.6 is 15.9 Å². The topological polar surface area (TPSA) is 40.5 Å². The van der Waals surface area contributed by atoms with Gasteiger partial charge in [-0.3, -0.25) is 0 Å². The second-order valence-electron chi connectivity index (χ2n) is 4.05. The average Bonchev–Trinajstić information content (AvgIpc) is 2.40. The number of halogens is 1. The zero-order valence-electron chi connectivity index (χ0n) is 10.5. The number of nitrogens with zero attached hydrogens (tertiary/aromatic N) is 1. The minimum Gasteiger partial charge on any atom is -0.478 e. The Kier molecular flexibility index (Phi) is 4.22. The molecule has 0 bridgehead atoms. The smallest absolute Gasteiger partial charge is 0.337 e. The van der Waals surface area contributed by atoms with Gasteiger partial charge in [0, 0.05) is 16.7 Å². The van der Waals surface area contributed by atoms with Crippen molar-refractivity contribution in [3.05, 3.63) is 58.6 Å². The second kappa shape index (κ2) is 5.89.